The second-order valence-electron chi connectivity index (χ2n) is 3.41. The Balaban J connectivity index is 4.56. The van der Waals surface area contributed by atoms with Crippen molar-refractivity contribution in [2.45, 2.75) is 17.7 Å². The van der Waals surface area contributed by atoms with E-state index in [2.05, 4.69) is 9.47 Å². The number of hydrogen-bond donors (Lipinski definition) is 2. The van der Waals surface area contributed by atoms with Crippen molar-refractivity contribution in [3.05, 3.63) is 0 Å². The molecule has 2 atom stereocenters. The number of nitrogens with two attached hydrogens (primary N) is 1. The summed E-state index contributed by atoms with van der Waals surface area (Å²) in [4.78, 5) is 44.2. The van der Waals surface area contributed by atoms with Crippen molar-refractivity contribution in [1.29, 1.82) is 0 Å². The minimum Gasteiger partial charge on any atom is -0.480 e. The molecule has 0 rings (SSSR count). The Hall–Kier alpha value is -1.61. The molecule has 108 valence electrons. The van der Waals surface area contributed by atoms with Gasteiger partial charge in [-0.15, -0.1) is 11.8 Å². The third-order valence-corrected chi connectivity index (χ3v) is 3.36. The van der Waals surface area contributed by atoms with Crippen LogP contribution in [0.1, 0.15) is 6.42 Å². The molecule has 0 bridgehead atoms. The Morgan fingerprint density at radius 2 is 1.79 bits per heavy atom. The number of ether oxygens (including phenoxy) is 2. The predicted octanol–water partition coefficient (Wildman–Crippen LogP) is -1.19. The number of esters is 2. The molecule has 9 heteroatoms. The van der Waals surface area contributed by atoms with Crippen molar-refractivity contribution in [2.24, 2.45) is 5.73 Å². The monoisotopic (exact) mass is 293 g/mol. The van der Waals surface area contributed by atoms with E-state index in [0.29, 0.717) is 0 Å². The quantitative estimate of drug-likeness (QED) is 0.418. The first-order valence-electron chi connectivity index (χ1n) is 5.12. The highest BCUT2D eigenvalue weighted by atomic mass is 32.2. The number of methoxy groups -OCH3 is 2. The summed E-state index contributed by atoms with van der Waals surface area (Å²) in [5.74, 6) is -4.02. The van der Waals surface area contributed by atoms with Crippen molar-refractivity contribution >= 4 is 35.5 Å². The Morgan fingerprint density at radius 1 is 1.21 bits per heavy atom. The molecular formula is C10H15NO7S. The highest BCUT2D eigenvalue weighted by Gasteiger charge is 2.28. The molecule has 0 fully saturated rings. The number of carboxylic acids is 1. The molecule has 3 N–H and O–H groups in total. The van der Waals surface area contributed by atoms with Gasteiger partial charge in [-0.05, 0) is 0 Å². The summed E-state index contributed by atoms with van der Waals surface area (Å²) in [6.07, 6.45) is -0.434. The van der Waals surface area contributed by atoms with Crippen LogP contribution in [0.25, 0.3) is 0 Å². The van der Waals surface area contributed by atoms with Crippen LogP contribution in [0, 0.1) is 0 Å². The van der Waals surface area contributed by atoms with Crippen LogP contribution >= 0.6 is 11.8 Å². The summed E-state index contributed by atoms with van der Waals surface area (Å²) in [6.45, 7) is 0. The zero-order valence-electron chi connectivity index (χ0n) is 10.5. The predicted molar refractivity (Wildman–Crippen MR) is 65.5 cm³/mol. The molecule has 0 heterocycles. The van der Waals surface area contributed by atoms with E-state index in [-0.39, 0.29) is 5.75 Å². The number of carbonyl (C=O) groups excluding carboxylic acids is 3. The van der Waals surface area contributed by atoms with Crippen molar-refractivity contribution in [3.63, 3.8) is 0 Å². The molecule has 0 radical (unpaired) electrons. The number of Topliss-reactive ketones (excluding diaryl/α,β-unsaturated/α-hetero) is 1. The van der Waals surface area contributed by atoms with E-state index in [1.807, 2.05) is 0 Å². The molecule has 0 aromatic rings. The first kappa shape index (κ1) is 17.4. The van der Waals surface area contributed by atoms with E-state index >= 15 is 0 Å². The van der Waals surface area contributed by atoms with E-state index in [4.69, 9.17) is 10.8 Å². The van der Waals surface area contributed by atoms with Gasteiger partial charge in [0.25, 0.3) is 0 Å². The lowest BCUT2D eigenvalue weighted by molar-refractivity contribution is -0.152. The molecule has 8 nitrogen and oxygen atoms in total. The van der Waals surface area contributed by atoms with Gasteiger partial charge in [-0.1, -0.05) is 0 Å². The van der Waals surface area contributed by atoms with Gasteiger partial charge in [0.15, 0.2) is 0 Å². The fourth-order valence-electron chi connectivity index (χ4n) is 0.998. The maximum absolute atomic E-state index is 11.4. The topological polar surface area (TPSA) is 133 Å². The number of ketones is 1. The summed E-state index contributed by atoms with van der Waals surface area (Å²) in [5, 5.41) is 7.61. The summed E-state index contributed by atoms with van der Waals surface area (Å²) in [6, 6.07) is -1.18. The van der Waals surface area contributed by atoms with Crippen molar-refractivity contribution in [1.82, 2.24) is 0 Å². The maximum atomic E-state index is 11.4. The maximum Gasteiger partial charge on any atom is 0.374 e. The number of carbonyl (C=O) groups is 4. The highest BCUT2D eigenvalue weighted by molar-refractivity contribution is 8.00. The average Bonchev–Trinajstić information content (AvgIpc) is 2.40. The smallest absolute Gasteiger partial charge is 0.374 e. The van der Waals surface area contributed by atoms with Crippen LogP contribution in [0.15, 0.2) is 0 Å². The van der Waals surface area contributed by atoms with Gasteiger partial charge in [-0.2, -0.15) is 0 Å². The molecule has 0 aliphatic carbocycles. The second kappa shape index (κ2) is 8.48. The van der Waals surface area contributed by atoms with Crippen LogP contribution in [0.4, 0.5) is 0 Å². The van der Waals surface area contributed by atoms with E-state index in [9.17, 15) is 19.2 Å². The van der Waals surface area contributed by atoms with Crippen LogP contribution < -0.4 is 5.73 Å². The molecule has 0 aromatic heterocycles. The van der Waals surface area contributed by atoms with Gasteiger partial charge < -0.3 is 20.3 Å². The summed E-state index contributed by atoms with van der Waals surface area (Å²) in [5.41, 5.74) is 5.27. The minimum absolute atomic E-state index is 0.0937. The third-order valence-electron chi connectivity index (χ3n) is 2.04. The summed E-state index contributed by atoms with van der Waals surface area (Å²) >= 11 is 0.838. The first-order valence-corrected chi connectivity index (χ1v) is 6.17. The van der Waals surface area contributed by atoms with Gasteiger partial charge >= 0.3 is 17.9 Å². The third kappa shape index (κ3) is 6.20. The summed E-state index contributed by atoms with van der Waals surface area (Å²) in [7, 11) is 2.16. The molecule has 19 heavy (non-hydrogen) atoms. The van der Waals surface area contributed by atoms with Crippen LogP contribution in [-0.2, 0) is 28.7 Å². The standard InChI is InChI=1S/C10H15NO7S/c1-17-9(15)6(12)3-7(10(16)18-2)19-4-5(11)8(13)14/h5,7H,3-4,11H2,1-2H3,(H,13,14)/t5-,7?/m1/s1. The van der Waals surface area contributed by atoms with Crippen LogP contribution in [-0.4, -0.2) is 60.1 Å². The zero-order chi connectivity index (χ0) is 15.0. The van der Waals surface area contributed by atoms with Gasteiger partial charge in [0.1, 0.15) is 11.3 Å². The van der Waals surface area contributed by atoms with Gasteiger partial charge in [0.05, 0.1) is 14.2 Å². The lowest BCUT2D eigenvalue weighted by Crippen LogP contribution is -2.35. The molecule has 0 amide bonds. The SMILES string of the molecule is COC(=O)C(=O)CC(SC[C@@H](N)C(=O)O)C(=O)OC. The van der Waals surface area contributed by atoms with Crippen LogP contribution in [0.2, 0.25) is 0 Å². The van der Waals surface area contributed by atoms with E-state index < -0.39 is 41.4 Å². The van der Waals surface area contributed by atoms with Gasteiger partial charge in [0.2, 0.25) is 5.78 Å². The molecule has 0 aromatic carbocycles. The molecular weight excluding hydrogens is 278 g/mol. The number of carboxylic acid groups (broad SMARTS) is 1. The van der Waals surface area contributed by atoms with Crippen molar-refractivity contribution < 1.29 is 33.8 Å². The lowest BCUT2D eigenvalue weighted by Gasteiger charge is -2.14. The van der Waals surface area contributed by atoms with Crippen molar-refractivity contribution in [3.8, 4) is 0 Å². The number of rotatable bonds is 8. The average molecular weight is 293 g/mol. The molecule has 0 aliphatic heterocycles. The molecule has 0 saturated heterocycles. The number of aliphatic carboxylic acids is 1. The first-order chi connectivity index (χ1) is 8.83. The van der Waals surface area contributed by atoms with E-state index in [1.54, 1.807) is 0 Å². The fourth-order valence-corrected chi connectivity index (χ4v) is 2.08. The lowest BCUT2D eigenvalue weighted by atomic mass is 10.2. The number of hydrogen-bond acceptors (Lipinski definition) is 8. The van der Waals surface area contributed by atoms with E-state index in [1.165, 1.54) is 0 Å². The molecule has 0 spiro atoms. The Labute approximate surface area is 113 Å². The number of thioether (sulfide) groups is 1. The second-order valence-corrected chi connectivity index (χ2v) is 4.64. The Morgan fingerprint density at radius 3 is 2.21 bits per heavy atom. The normalized spacial score (nSPS) is 13.2. The van der Waals surface area contributed by atoms with Gasteiger partial charge in [0, 0.05) is 12.2 Å². The molecule has 1 unspecified atom stereocenters. The van der Waals surface area contributed by atoms with Gasteiger partial charge in [-0.3, -0.25) is 14.4 Å². The van der Waals surface area contributed by atoms with E-state index in [0.717, 1.165) is 26.0 Å². The minimum atomic E-state index is -1.23. The van der Waals surface area contributed by atoms with Crippen LogP contribution in [0.5, 0.6) is 0 Å². The summed E-state index contributed by atoms with van der Waals surface area (Å²) < 4.78 is 8.69. The fraction of sp³-hybridized carbons (Fsp3) is 0.600. The Kier molecular flexibility index (Phi) is 7.77. The van der Waals surface area contributed by atoms with Crippen LogP contribution in [0.3, 0.4) is 0 Å². The zero-order valence-corrected chi connectivity index (χ0v) is 11.3. The molecule has 0 aliphatic rings. The van der Waals surface area contributed by atoms with Gasteiger partial charge in [-0.25, -0.2) is 4.79 Å². The Bertz CT molecular complexity index is 371. The van der Waals surface area contributed by atoms with Crippen molar-refractivity contribution in [2.75, 3.05) is 20.0 Å². The largest absolute Gasteiger partial charge is 0.480 e. The molecule has 0 saturated carbocycles. The highest BCUT2D eigenvalue weighted by Crippen LogP contribution is 2.18.